The number of benzene rings is 3. The van der Waals surface area contributed by atoms with Gasteiger partial charge in [0, 0.05) is 17.6 Å². The number of amides is 2. The van der Waals surface area contributed by atoms with E-state index in [9.17, 15) is 18.0 Å². The number of nitrogens with zero attached hydrogens (tertiary/aromatic N) is 2. The van der Waals surface area contributed by atoms with Crippen molar-refractivity contribution in [1.82, 2.24) is 10.2 Å². The first-order chi connectivity index (χ1) is 19.7. The molecule has 0 heterocycles. The Morgan fingerprint density at radius 2 is 1.59 bits per heavy atom. The molecule has 4 rings (SSSR count). The van der Waals surface area contributed by atoms with E-state index in [1.807, 2.05) is 0 Å². The molecular formula is C31H36ClN3O5S. The van der Waals surface area contributed by atoms with Crippen molar-refractivity contribution < 1.29 is 22.7 Å². The van der Waals surface area contributed by atoms with Crippen LogP contribution in [0.4, 0.5) is 5.69 Å². The summed E-state index contributed by atoms with van der Waals surface area (Å²) in [6.45, 7) is 1.14. The molecule has 218 valence electrons. The lowest BCUT2D eigenvalue weighted by Crippen LogP contribution is -2.53. The number of sulfonamides is 1. The maximum absolute atomic E-state index is 14.1. The third-order valence-electron chi connectivity index (χ3n) is 7.38. The van der Waals surface area contributed by atoms with Crippen molar-refractivity contribution in [3.8, 4) is 5.75 Å². The molecule has 1 aliphatic carbocycles. The Balaban J connectivity index is 1.70. The van der Waals surface area contributed by atoms with Gasteiger partial charge in [-0.05, 0) is 55.7 Å². The number of hydrogen-bond donors (Lipinski definition) is 1. The molecule has 41 heavy (non-hydrogen) atoms. The lowest BCUT2D eigenvalue weighted by molar-refractivity contribution is -0.139. The number of hydrogen-bond acceptors (Lipinski definition) is 5. The van der Waals surface area contributed by atoms with Gasteiger partial charge in [-0.2, -0.15) is 0 Å². The molecule has 8 nitrogen and oxygen atoms in total. The smallest absolute Gasteiger partial charge is 0.264 e. The number of anilines is 1. The third kappa shape index (κ3) is 7.40. The number of nitrogens with one attached hydrogen (secondary N) is 1. The first-order valence-corrected chi connectivity index (χ1v) is 15.6. The van der Waals surface area contributed by atoms with Crippen molar-refractivity contribution in [2.24, 2.45) is 0 Å². The Bertz CT molecular complexity index is 1440. The molecule has 3 aromatic carbocycles. The van der Waals surface area contributed by atoms with E-state index < -0.39 is 28.5 Å². The van der Waals surface area contributed by atoms with E-state index in [0.717, 1.165) is 36.4 Å². The van der Waals surface area contributed by atoms with Crippen LogP contribution in [-0.4, -0.2) is 50.9 Å². The van der Waals surface area contributed by atoms with E-state index in [1.54, 1.807) is 73.7 Å². The molecule has 10 heteroatoms. The minimum Gasteiger partial charge on any atom is -0.495 e. The van der Waals surface area contributed by atoms with Crippen LogP contribution in [0, 0.1) is 0 Å². The first-order valence-electron chi connectivity index (χ1n) is 13.8. The van der Waals surface area contributed by atoms with Crippen molar-refractivity contribution in [2.75, 3.05) is 18.0 Å². The van der Waals surface area contributed by atoms with Crippen LogP contribution in [0.1, 0.15) is 44.6 Å². The van der Waals surface area contributed by atoms with E-state index in [0.29, 0.717) is 16.3 Å². The van der Waals surface area contributed by atoms with Crippen molar-refractivity contribution in [1.29, 1.82) is 0 Å². The van der Waals surface area contributed by atoms with Gasteiger partial charge in [-0.1, -0.05) is 79.4 Å². The first kappa shape index (κ1) is 30.4. The molecule has 1 fully saturated rings. The summed E-state index contributed by atoms with van der Waals surface area (Å²) in [5.41, 5.74) is 0.860. The Morgan fingerprint density at radius 3 is 2.27 bits per heavy atom. The number of carbonyl (C=O) groups excluding carboxylic acids is 2. The van der Waals surface area contributed by atoms with Gasteiger partial charge < -0.3 is 15.0 Å². The van der Waals surface area contributed by atoms with Crippen LogP contribution in [0.2, 0.25) is 5.02 Å². The second-order valence-electron chi connectivity index (χ2n) is 10.1. The van der Waals surface area contributed by atoms with E-state index in [4.69, 9.17) is 16.3 Å². The zero-order valence-corrected chi connectivity index (χ0v) is 24.9. The van der Waals surface area contributed by atoms with Gasteiger partial charge in [-0.25, -0.2) is 8.42 Å². The van der Waals surface area contributed by atoms with Crippen molar-refractivity contribution >= 4 is 39.1 Å². The summed E-state index contributed by atoms with van der Waals surface area (Å²) in [6.07, 6.45) is 5.04. The van der Waals surface area contributed by atoms with Gasteiger partial charge in [0.05, 0.1) is 17.7 Å². The van der Waals surface area contributed by atoms with Gasteiger partial charge >= 0.3 is 0 Å². The largest absolute Gasteiger partial charge is 0.495 e. The number of rotatable bonds is 11. The SMILES string of the molecule is COc1ccccc1N(CC(=O)N(Cc1ccccc1Cl)C(C)C(=O)NC1CCCCC1)S(=O)(=O)c1ccccc1. The Labute approximate surface area is 247 Å². The average Bonchev–Trinajstić information content (AvgIpc) is 3.00. The summed E-state index contributed by atoms with van der Waals surface area (Å²) < 4.78 is 34.4. The predicted octanol–water partition coefficient (Wildman–Crippen LogP) is 5.41. The molecule has 1 N–H and O–H groups in total. The van der Waals surface area contributed by atoms with Crippen molar-refractivity contribution in [3.63, 3.8) is 0 Å². The Hall–Kier alpha value is -3.56. The van der Waals surface area contributed by atoms with Gasteiger partial charge in [0.25, 0.3) is 10.0 Å². The zero-order valence-electron chi connectivity index (χ0n) is 23.3. The zero-order chi connectivity index (χ0) is 29.4. The van der Waals surface area contributed by atoms with Gasteiger partial charge in [0.15, 0.2) is 0 Å². The summed E-state index contributed by atoms with van der Waals surface area (Å²) in [6, 6.07) is 20.8. The second kappa shape index (κ2) is 13.9. The second-order valence-corrected chi connectivity index (χ2v) is 12.4. The fraction of sp³-hybridized carbons (Fsp3) is 0.355. The molecule has 0 aromatic heterocycles. The van der Waals surface area contributed by atoms with Crippen LogP contribution in [0.3, 0.4) is 0 Å². The molecule has 0 saturated heterocycles. The topological polar surface area (TPSA) is 96.0 Å². The minimum absolute atomic E-state index is 0.0273. The van der Waals surface area contributed by atoms with Crippen molar-refractivity contribution in [2.45, 2.75) is 62.6 Å². The highest BCUT2D eigenvalue weighted by atomic mass is 35.5. The van der Waals surface area contributed by atoms with Gasteiger partial charge in [-0.3, -0.25) is 13.9 Å². The third-order valence-corrected chi connectivity index (χ3v) is 9.52. The average molecular weight is 598 g/mol. The summed E-state index contributed by atoms with van der Waals surface area (Å²) in [4.78, 5) is 28.9. The summed E-state index contributed by atoms with van der Waals surface area (Å²) in [5, 5.41) is 3.54. The van der Waals surface area contributed by atoms with Gasteiger partial charge in [-0.15, -0.1) is 0 Å². The van der Waals surface area contributed by atoms with Crippen LogP contribution in [0.15, 0.2) is 83.8 Å². The van der Waals surface area contributed by atoms with Gasteiger partial charge in [0.1, 0.15) is 18.3 Å². The number of halogens is 1. The van der Waals surface area contributed by atoms with Crippen LogP contribution in [0.5, 0.6) is 5.75 Å². The molecule has 0 aliphatic heterocycles. The number of methoxy groups -OCH3 is 1. The highest BCUT2D eigenvalue weighted by Crippen LogP contribution is 2.32. The summed E-state index contributed by atoms with van der Waals surface area (Å²) in [7, 11) is -2.75. The quantitative estimate of drug-likeness (QED) is 0.319. The minimum atomic E-state index is -4.19. The highest BCUT2D eigenvalue weighted by molar-refractivity contribution is 7.92. The van der Waals surface area contributed by atoms with E-state index >= 15 is 0 Å². The molecule has 1 aliphatic rings. The van der Waals surface area contributed by atoms with Crippen LogP contribution < -0.4 is 14.4 Å². The van der Waals surface area contributed by atoms with E-state index in [-0.39, 0.29) is 29.1 Å². The lowest BCUT2D eigenvalue weighted by Gasteiger charge is -2.33. The summed E-state index contributed by atoms with van der Waals surface area (Å²) >= 11 is 6.45. The van der Waals surface area contributed by atoms with E-state index in [1.165, 1.54) is 24.1 Å². The van der Waals surface area contributed by atoms with Crippen molar-refractivity contribution in [3.05, 3.63) is 89.4 Å². The Kier molecular flexibility index (Phi) is 10.3. The number of ether oxygens (including phenoxy) is 1. The molecule has 0 bridgehead atoms. The lowest BCUT2D eigenvalue weighted by atomic mass is 9.95. The standard InChI is InChI=1S/C31H36ClN3O5S/c1-23(31(37)33-25-14-5-3-6-15-25)34(21-24-13-9-10-18-27(24)32)30(36)22-35(28-19-11-12-20-29(28)40-2)41(38,39)26-16-7-4-8-17-26/h4,7-13,16-20,23,25H,3,5-6,14-15,21-22H2,1-2H3,(H,33,37). The molecular weight excluding hydrogens is 562 g/mol. The normalized spacial score (nSPS) is 14.6. The van der Waals surface area contributed by atoms with Gasteiger partial charge in [0.2, 0.25) is 11.8 Å². The maximum atomic E-state index is 14.1. The van der Waals surface area contributed by atoms with Crippen LogP contribution in [-0.2, 0) is 26.2 Å². The molecule has 1 unspecified atom stereocenters. The number of carbonyl (C=O) groups is 2. The van der Waals surface area contributed by atoms with Crippen LogP contribution >= 0.6 is 11.6 Å². The maximum Gasteiger partial charge on any atom is 0.264 e. The molecule has 0 radical (unpaired) electrons. The Morgan fingerprint density at radius 1 is 0.951 bits per heavy atom. The number of para-hydroxylation sites is 2. The monoisotopic (exact) mass is 597 g/mol. The molecule has 2 amide bonds. The summed E-state index contributed by atoms with van der Waals surface area (Å²) in [5.74, 6) is -0.547. The predicted molar refractivity (Wildman–Crippen MR) is 160 cm³/mol. The fourth-order valence-electron chi connectivity index (χ4n) is 5.03. The highest BCUT2D eigenvalue weighted by Gasteiger charge is 2.34. The molecule has 1 saturated carbocycles. The molecule has 1 atom stereocenters. The van der Waals surface area contributed by atoms with Crippen LogP contribution in [0.25, 0.3) is 0 Å². The molecule has 0 spiro atoms. The molecule has 3 aromatic rings. The fourth-order valence-corrected chi connectivity index (χ4v) is 6.67. The van der Waals surface area contributed by atoms with E-state index in [2.05, 4.69) is 5.32 Å².